The highest BCUT2D eigenvalue weighted by Gasteiger charge is 2.43. The van der Waals surface area contributed by atoms with Gasteiger partial charge >= 0.3 is 11.8 Å². The van der Waals surface area contributed by atoms with Crippen molar-refractivity contribution in [3.63, 3.8) is 0 Å². The van der Waals surface area contributed by atoms with E-state index in [-0.39, 0.29) is 24.3 Å². The first kappa shape index (κ1) is 43.3. The lowest BCUT2D eigenvalue weighted by Gasteiger charge is -2.26. The number of nitrogens with zero attached hydrogens (tertiary/aromatic N) is 1. The van der Waals surface area contributed by atoms with Crippen molar-refractivity contribution in [2.24, 2.45) is 5.92 Å². The molecule has 4 heteroatoms. The van der Waals surface area contributed by atoms with Crippen molar-refractivity contribution in [2.75, 3.05) is 6.54 Å². The summed E-state index contributed by atoms with van der Waals surface area (Å²) in [6.45, 7) is 8.71. The maximum Gasteiger partial charge on any atom is 0.353 e. The predicted molar refractivity (Wildman–Crippen MR) is 191 cm³/mol. The van der Waals surface area contributed by atoms with Gasteiger partial charge in [-0.3, -0.25) is 0 Å². The fourth-order valence-electron chi connectivity index (χ4n) is 6.54. The molecule has 0 aliphatic rings. The molecule has 0 unspecified atom stereocenters. The van der Waals surface area contributed by atoms with Gasteiger partial charge in [0, 0.05) is 5.92 Å². The molecular formula is C40H80NO3+. The minimum absolute atomic E-state index is 0.0926. The van der Waals surface area contributed by atoms with Crippen LogP contribution in [0.1, 0.15) is 233 Å². The first-order valence-electron chi connectivity index (χ1n) is 20.1. The monoisotopic (exact) mass is 623 g/mol. The Balaban J connectivity index is 3.90. The van der Waals surface area contributed by atoms with Gasteiger partial charge in [0.2, 0.25) is 0 Å². The van der Waals surface area contributed by atoms with E-state index in [2.05, 4.69) is 13.8 Å². The fraction of sp³-hybridized carbons (Fsp3) is 0.950. The zero-order chi connectivity index (χ0) is 32.6. The van der Waals surface area contributed by atoms with E-state index < -0.39 is 4.65 Å². The smallest absolute Gasteiger partial charge is 0.227 e. The van der Waals surface area contributed by atoms with Gasteiger partial charge in [-0.2, -0.15) is 0 Å². The molecule has 44 heavy (non-hydrogen) atoms. The van der Waals surface area contributed by atoms with E-state index in [1.165, 1.54) is 154 Å². The SMILES string of the molecule is CCCCCCCCCCCCCCCCCC(=O)[N+](O)(CC(C)C)C(=O)CCCCCCCCCCCCCCCCC. The third-order valence-electron chi connectivity index (χ3n) is 9.44. The van der Waals surface area contributed by atoms with Gasteiger partial charge in [0.15, 0.2) is 0 Å². The number of amides is 2. The van der Waals surface area contributed by atoms with E-state index in [0.717, 1.165) is 38.5 Å². The molecule has 0 aromatic rings. The lowest BCUT2D eigenvalue weighted by Crippen LogP contribution is -2.56. The van der Waals surface area contributed by atoms with E-state index in [1.807, 2.05) is 13.8 Å². The topological polar surface area (TPSA) is 54.4 Å². The fourth-order valence-corrected chi connectivity index (χ4v) is 6.54. The molecular weight excluding hydrogens is 542 g/mol. The Morgan fingerprint density at radius 3 is 0.818 bits per heavy atom. The van der Waals surface area contributed by atoms with Gasteiger partial charge in [-0.15, -0.1) is 0 Å². The minimum atomic E-state index is -0.977. The number of carbonyl (C=O) groups is 2. The van der Waals surface area contributed by atoms with Gasteiger partial charge in [-0.05, 0) is 12.8 Å². The minimum Gasteiger partial charge on any atom is -0.227 e. The van der Waals surface area contributed by atoms with Crippen LogP contribution < -0.4 is 0 Å². The zero-order valence-corrected chi connectivity index (χ0v) is 30.6. The second kappa shape index (κ2) is 32.2. The summed E-state index contributed by atoms with van der Waals surface area (Å²) in [4.78, 5) is 26.1. The molecule has 0 saturated heterocycles. The van der Waals surface area contributed by atoms with Crippen LogP contribution >= 0.6 is 0 Å². The summed E-state index contributed by atoms with van der Waals surface area (Å²) < 4.78 is -0.977. The maximum atomic E-state index is 13.0. The van der Waals surface area contributed by atoms with Crippen LogP contribution in [0.2, 0.25) is 0 Å². The first-order chi connectivity index (χ1) is 21.4. The van der Waals surface area contributed by atoms with Crippen LogP contribution in [0.4, 0.5) is 0 Å². The van der Waals surface area contributed by atoms with Gasteiger partial charge in [0.1, 0.15) is 6.54 Å². The van der Waals surface area contributed by atoms with Crippen molar-refractivity contribution >= 4 is 11.8 Å². The summed E-state index contributed by atoms with van der Waals surface area (Å²) in [5, 5.41) is 11.2. The largest absolute Gasteiger partial charge is 0.353 e. The van der Waals surface area contributed by atoms with E-state index in [4.69, 9.17) is 0 Å². The summed E-state index contributed by atoms with van der Waals surface area (Å²) in [5.41, 5.74) is 0. The highest BCUT2D eigenvalue weighted by atomic mass is 16.6. The van der Waals surface area contributed by atoms with Crippen LogP contribution in [-0.2, 0) is 9.59 Å². The third kappa shape index (κ3) is 26.5. The molecule has 0 heterocycles. The Bertz CT molecular complexity index is 586. The molecule has 0 bridgehead atoms. The van der Waals surface area contributed by atoms with Gasteiger partial charge in [0.25, 0.3) is 0 Å². The Kier molecular flexibility index (Phi) is 31.7. The molecule has 0 rings (SSSR count). The van der Waals surface area contributed by atoms with Crippen molar-refractivity contribution in [3.8, 4) is 0 Å². The van der Waals surface area contributed by atoms with E-state index in [9.17, 15) is 14.8 Å². The van der Waals surface area contributed by atoms with Crippen LogP contribution in [0.25, 0.3) is 0 Å². The summed E-state index contributed by atoms with van der Waals surface area (Å²) in [6.07, 6.45) is 39.2. The normalized spacial score (nSPS) is 12.0. The third-order valence-corrected chi connectivity index (χ3v) is 9.44. The Morgan fingerprint density at radius 1 is 0.409 bits per heavy atom. The molecule has 0 fully saturated rings. The molecule has 2 amide bonds. The molecule has 0 atom stereocenters. The van der Waals surface area contributed by atoms with Crippen molar-refractivity contribution in [3.05, 3.63) is 0 Å². The van der Waals surface area contributed by atoms with Gasteiger partial charge in [0.05, 0.1) is 12.8 Å². The molecule has 0 saturated carbocycles. The van der Waals surface area contributed by atoms with Crippen LogP contribution in [0, 0.1) is 5.92 Å². The second-order valence-corrected chi connectivity index (χ2v) is 14.5. The van der Waals surface area contributed by atoms with Gasteiger partial charge < -0.3 is 0 Å². The van der Waals surface area contributed by atoms with E-state index in [0.29, 0.717) is 12.8 Å². The number of hydrogen-bond acceptors (Lipinski definition) is 3. The molecule has 0 aromatic heterocycles. The molecule has 0 radical (unpaired) electrons. The van der Waals surface area contributed by atoms with E-state index in [1.54, 1.807) is 0 Å². The summed E-state index contributed by atoms with van der Waals surface area (Å²) in [6, 6.07) is 0. The lowest BCUT2D eigenvalue weighted by molar-refractivity contribution is -0.977. The summed E-state index contributed by atoms with van der Waals surface area (Å²) in [7, 11) is 0. The second-order valence-electron chi connectivity index (χ2n) is 14.5. The average molecular weight is 623 g/mol. The number of quaternary nitrogens is 1. The van der Waals surface area contributed by atoms with Crippen LogP contribution in [-0.4, -0.2) is 28.2 Å². The summed E-state index contributed by atoms with van der Waals surface area (Å²) >= 11 is 0. The number of hydrogen-bond donors (Lipinski definition) is 1. The standard InChI is InChI=1S/C40H80NO3/c1-5-7-9-11-13-15-17-19-21-23-25-27-29-31-33-35-39(42)41(44,37-38(3)4)40(43)36-34-32-30-28-26-24-22-20-18-16-14-12-10-8-6-2/h38,44H,5-37H2,1-4H3/q+1. The Hall–Kier alpha value is -0.740. The number of unbranched alkanes of at least 4 members (excludes halogenated alkanes) is 28. The molecule has 262 valence electrons. The van der Waals surface area contributed by atoms with Crippen LogP contribution in [0.15, 0.2) is 0 Å². The van der Waals surface area contributed by atoms with Gasteiger partial charge in [-0.25, -0.2) is 14.8 Å². The Morgan fingerprint density at radius 2 is 0.614 bits per heavy atom. The Labute approximate surface area is 276 Å². The number of rotatable bonds is 34. The molecule has 4 nitrogen and oxygen atoms in total. The van der Waals surface area contributed by atoms with E-state index >= 15 is 0 Å². The highest BCUT2D eigenvalue weighted by Crippen LogP contribution is 2.20. The molecule has 0 spiro atoms. The van der Waals surface area contributed by atoms with Crippen molar-refractivity contribution in [1.82, 2.24) is 0 Å². The zero-order valence-electron chi connectivity index (χ0n) is 30.6. The number of imide groups is 1. The van der Waals surface area contributed by atoms with Crippen molar-refractivity contribution in [2.45, 2.75) is 233 Å². The number of hydroxylamine groups is 3. The lowest BCUT2D eigenvalue weighted by atomic mass is 10.0. The maximum absolute atomic E-state index is 13.0. The van der Waals surface area contributed by atoms with Gasteiger partial charge in [-0.1, -0.05) is 212 Å². The average Bonchev–Trinajstić information content (AvgIpc) is 3.00. The summed E-state index contributed by atoms with van der Waals surface area (Å²) in [5.74, 6) is -0.492. The van der Waals surface area contributed by atoms with Crippen LogP contribution in [0.5, 0.6) is 0 Å². The quantitative estimate of drug-likeness (QED) is 0.0336. The van der Waals surface area contributed by atoms with Crippen molar-refractivity contribution in [1.29, 1.82) is 0 Å². The highest BCUT2D eigenvalue weighted by molar-refractivity contribution is 5.83. The molecule has 0 aliphatic carbocycles. The number of carbonyl (C=O) groups excluding carboxylic acids is 2. The van der Waals surface area contributed by atoms with Crippen LogP contribution in [0.3, 0.4) is 0 Å². The molecule has 0 aliphatic heterocycles. The molecule has 0 aromatic carbocycles. The first-order valence-corrected chi connectivity index (χ1v) is 20.1. The predicted octanol–water partition coefficient (Wildman–Crippen LogP) is 13.4. The molecule has 1 N–H and O–H groups in total. The van der Waals surface area contributed by atoms with Crippen molar-refractivity contribution < 1.29 is 19.4 Å².